The van der Waals surface area contributed by atoms with Gasteiger partial charge in [-0.15, -0.1) is 0 Å². The summed E-state index contributed by atoms with van der Waals surface area (Å²) in [6.07, 6.45) is 1.02. The van der Waals surface area contributed by atoms with Crippen LogP contribution in [0.5, 0.6) is 0 Å². The van der Waals surface area contributed by atoms with Crippen molar-refractivity contribution in [2.24, 2.45) is 0 Å². The minimum Gasteiger partial charge on any atom is -0.353 e. The standard InChI is InChI=1S/C13H14BrFN2O/c1-9(6-7-16)17-13(18)5-2-10-8-11(15)3-4-12(10)14/h3-4,8-9H,2,5-6H2,1H3,(H,17,18)/t9-/m1/s1. The molecule has 1 rings (SSSR count). The first-order valence-electron chi connectivity index (χ1n) is 5.63. The summed E-state index contributed by atoms with van der Waals surface area (Å²) in [6.45, 7) is 1.78. The van der Waals surface area contributed by atoms with Crippen LogP contribution in [0.15, 0.2) is 22.7 Å². The van der Waals surface area contributed by atoms with Gasteiger partial charge in [-0.05, 0) is 37.1 Å². The summed E-state index contributed by atoms with van der Waals surface area (Å²) in [5.74, 6) is -0.444. The molecular formula is C13H14BrFN2O. The quantitative estimate of drug-likeness (QED) is 0.908. The number of amides is 1. The van der Waals surface area contributed by atoms with Gasteiger partial charge < -0.3 is 5.32 Å². The summed E-state index contributed by atoms with van der Waals surface area (Å²) >= 11 is 3.31. The number of nitrogens with zero attached hydrogens (tertiary/aromatic N) is 1. The summed E-state index contributed by atoms with van der Waals surface area (Å²) in [5, 5.41) is 11.2. The van der Waals surface area contributed by atoms with Gasteiger partial charge in [-0.25, -0.2) is 4.39 Å². The first-order valence-corrected chi connectivity index (χ1v) is 6.42. The maximum atomic E-state index is 13.0. The Morgan fingerprint density at radius 3 is 3.00 bits per heavy atom. The van der Waals surface area contributed by atoms with Crippen molar-refractivity contribution < 1.29 is 9.18 Å². The molecule has 0 unspecified atom stereocenters. The molecule has 0 aromatic heterocycles. The lowest BCUT2D eigenvalue weighted by Crippen LogP contribution is -2.32. The van der Waals surface area contributed by atoms with Gasteiger partial charge in [0.25, 0.3) is 0 Å². The SMILES string of the molecule is C[C@H](CC#N)NC(=O)CCc1cc(F)ccc1Br. The van der Waals surface area contributed by atoms with Crippen molar-refractivity contribution in [3.63, 3.8) is 0 Å². The van der Waals surface area contributed by atoms with Crippen LogP contribution in [0.25, 0.3) is 0 Å². The van der Waals surface area contributed by atoms with E-state index in [9.17, 15) is 9.18 Å². The molecule has 0 spiro atoms. The minimum absolute atomic E-state index is 0.131. The maximum Gasteiger partial charge on any atom is 0.220 e. The van der Waals surface area contributed by atoms with Crippen LogP contribution in [0.1, 0.15) is 25.3 Å². The van der Waals surface area contributed by atoms with Crippen molar-refractivity contribution in [3.8, 4) is 6.07 Å². The molecule has 0 aliphatic carbocycles. The van der Waals surface area contributed by atoms with Gasteiger partial charge in [0, 0.05) is 16.9 Å². The van der Waals surface area contributed by atoms with Gasteiger partial charge in [0.1, 0.15) is 5.82 Å². The number of carbonyl (C=O) groups is 1. The van der Waals surface area contributed by atoms with Crippen molar-refractivity contribution in [3.05, 3.63) is 34.1 Å². The summed E-state index contributed by atoms with van der Waals surface area (Å²) in [4.78, 5) is 11.6. The zero-order chi connectivity index (χ0) is 13.5. The lowest BCUT2D eigenvalue weighted by Gasteiger charge is -2.10. The van der Waals surface area contributed by atoms with E-state index in [-0.39, 0.29) is 30.6 Å². The summed E-state index contributed by atoms with van der Waals surface area (Å²) in [7, 11) is 0. The van der Waals surface area contributed by atoms with Gasteiger partial charge in [-0.2, -0.15) is 5.26 Å². The number of hydrogen-bond donors (Lipinski definition) is 1. The van der Waals surface area contributed by atoms with E-state index in [4.69, 9.17) is 5.26 Å². The number of carbonyl (C=O) groups excluding carboxylic acids is 1. The van der Waals surface area contributed by atoms with E-state index < -0.39 is 0 Å². The van der Waals surface area contributed by atoms with Crippen molar-refractivity contribution in [1.29, 1.82) is 5.26 Å². The summed E-state index contributed by atoms with van der Waals surface area (Å²) < 4.78 is 13.8. The fraction of sp³-hybridized carbons (Fsp3) is 0.385. The molecule has 0 saturated heterocycles. The zero-order valence-electron chi connectivity index (χ0n) is 10.0. The second-order valence-electron chi connectivity index (χ2n) is 4.07. The average Bonchev–Trinajstić information content (AvgIpc) is 2.30. The molecule has 1 aromatic rings. The van der Waals surface area contributed by atoms with E-state index >= 15 is 0 Å². The normalized spacial score (nSPS) is 11.7. The van der Waals surface area contributed by atoms with Crippen LogP contribution < -0.4 is 5.32 Å². The van der Waals surface area contributed by atoms with Gasteiger partial charge >= 0.3 is 0 Å². The van der Waals surface area contributed by atoms with E-state index in [0.717, 1.165) is 10.0 Å². The predicted octanol–water partition coefficient (Wildman–Crippen LogP) is 2.94. The Morgan fingerprint density at radius 2 is 2.33 bits per heavy atom. The molecule has 1 N–H and O–H groups in total. The molecule has 3 nitrogen and oxygen atoms in total. The predicted molar refractivity (Wildman–Crippen MR) is 70.3 cm³/mol. The second kappa shape index (κ2) is 7.12. The highest BCUT2D eigenvalue weighted by molar-refractivity contribution is 9.10. The van der Waals surface area contributed by atoms with Crippen LogP contribution in [-0.2, 0) is 11.2 Å². The lowest BCUT2D eigenvalue weighted by atomic mass is 10.1. The molecule has 0 aliphatic heterocycles. The molecule has 1 aromatic carbocycles. The van der Waals surface area contributed by atoms with Gasteiger partial charge in [0.15, 0.2) is 0 Å². The molecule has 0 saturated carbocycles. The van der Waals surface area contributed by atoms with Crippen LogP contribution in [0.4, 0.5) is 4.39 Å². The van der Waals surface area contributed by atoms with Crippen molar-refractivity contribution >= 4 is 21.8 Å². The molecule has 0 fully saturated rings. The first-order chi connectivity index (χ1) is 8.52. The average molecular weight is 313 g/mol. The summed E-state index contributed by atoms with van der Waals surface area (Å²) in [6, 6.07) is 6.24. The van der Waals surface area contributed by atoms with Crippen LogP contribution in [0, 0.1) is 17.1 Å². The molecule has 5 heteroatoms. The molecule has 0 aliphatic rings. The molecule has 0 heterocycles. The Balaban J connectivity index is 2.48. The highest BCUT2D eigenvalue weighted by Gasteiger charge is 2.09. The minimum atomic E-state index is -0.313. The molecular weight excluding hydrogens is 299 g/mol. The van der Waals surface area contributed by atoms with Crippen LogP contribution >= 0.6 is 15.9 Å². The third kappa shape index (κ3) is 4.84. The Hall–Kier alpha value is -1.41. The van der Waals surface area contributed by atoms with E-state index in [0.29, 0.717) is 6.42 Å². The van der Waals surface area contributed by atoms with E-state index in [1.54, 1.807) is 13.0 Å². The van der Waals surface area contributed by atoms with Gasteiger partial charge in [0.2, 0.25) is 5.91 Å². The monoisotopic (exact) mass is 312 g/mol. The van der Waals surface area contributed by atoms with Crippen LogP contribution in [0.3, 0.4) is 0 Å². The number of benzene rings is 1. The highest BCUT2D eigenvalue weighted by Crippen LogP contribution is 2.19. The van der Waals surface area contributed by atoms with Crippen molar-refractivity contribution in [2.45, 2.75) is 32.2 Å². The first kappa shape index (κ1) is 14.7. The van der Waals surface area contributed by atoms with Crippen LogP contribution in [0.2, 0.25) is 0 Å². The Morgan fingerprint density at radius 1 is 1.61 bits per heavy atom. The second-order valence-corrected chi connectivity index (χ2v) is 4.92. The number of rotatable bonds is 5. The molecule has 1 atom stereocenters. The lowest BCUT2D eigenvalue weighted by molar-refractivity contribution is -0.121. The number of aryl methyl sites for hydroxylation is 1. The van der Waals surface area contributed by atoms with Crippen molar-refractivity contribution in [2.75, 3.05) is 0 Å². The van der Waals surface area contributed by atoms with Crippen LogP contribution in [-0.4, -0.2) is 11.9 Å². The van der Waals surface area contributed by atoms with Crippen molar-refractivity contribution in [1.82, 2.24) is 5.32 Å². The topological polar surface area (TPSA) is 52.9 Å². The van der Waals surface area contributed by atoms with E-state index in [1.807, 2.05) is 6.07 Å². The summed E-state index contributed by atoms with van der Waals surface area (Å²) in [5.41, 5.74) is 0.762. The van der Waals surface area contributed by atoms with Gasteiger partial charge in [-0.1, -0.05) is 15.9 Å². The molecule has 18 heavy (non-hydrogen) atoms. The fourth-order valence-electron chi connectivity index (χ4n) is 1.52. The molecule has 1 amide bonds. The number of nitrogens with one attached hydrogen (secondary N) is 1. The fourth-order valence-corrected chi connectivity index (χ4v) is 1.96. The van der Waals surface area contributed by atoms with E-state index in [1.165, 1.54) is 12.1 Å². The molecule has 0 radical (unpaired) electrons. The Labute approximate surface area is 114 Å². The molecule has 0 bridgehead atoms. The highest BCUT2D eigenvalue weighted by atomic mass is 79.9. The van der Waals surface area contributed by atoms with E-state index in [2.05, 4.69) is 21.2 Å². The Kier molecular flexibility index (Phi) is 5.79. The third-order valence-corrected chi connectivity index (χ3v) is 3.21. The number of halogens is 2. The largest absolute Gasteiger partial charge is 0.353 e. The van der Waals surface area contributed by atoms with Gasteiger partial charge in [0.05, 0.1) is 12.5 Å². The van der Waals surface area contributed by atoms with Gasteiger partial charge in [-0.3, -0.25) is 4.79 Å². The Bertz CT molecular complexity index is 471. The molecule has 96 valence electrons. The number of nitriles is 1. The maximum absolute atomic E-state index is 13.0. The zero-order valence-corrected chi connectivity index (χ0v) is 11.6. The smallest absolute Gasteiger partial charge is 0.220 e. The number of hydrogen-bond acceptors (Lipinski definition) is 2. The third-order valence-electron chi connectivity index (χ3n) is 2.43.